The van der Waals surface area contributed by atoms with Crippen molar-refractivity contribution in [3.05, 3.63) is 29.0 Å². The van der Waals surface area contributed by atoms with Crippen LogP contribution >= 0.6 is 11.6 Å². The van der Waals surface area contributed by atoms with Gasteiger partial charge in [0.05, 0.1) is 17.3 Å². The third-order valence-electron chi connectivity index (χ3n) is 1.76. The molecule has 1 aromatic rings. The van der Waals surface area contributed by atoms with Gasteiger partial charge in [-0.25, -0.2) is 4.39 Å². The van der Waals surface area contributed by atoms with Crippen molar-refractivity contribution in [2.24, 2.45) is 0 Å². The first-order valence-corrected chi connectivity index (χ1v) is 5.10. The van der Waals surface area contributed by atoms with Gasteiger partial charge in [-0.3, -0.25) is 0 Å². The van der Waals surface area contributed by atoms with Crippen molar-refractivity contribution < 1.29 is 22.3 Å². The van der Waals surface area contributed by atoms with E-state index in [2.05, 4.69) is 10.1 Å². The summed E-state index contributed by atoms with van der Waals surface area (Å²) in [6.07, 6.45) is -4.33. The lowest BCUT2D eigenvalue weighted by Gasteiger charge is -2.10. The average molecular weight is 272 g/mol. The van der Waals surface area contributed by atoms with Crippen molar-refractivity contribution in [3.63, 3.8) is 0 Å². The number of alkyl halides is 3. The van der Waals surface area contributed by atoms with Crippen molar-refractivity contribution in [1.82, 2.24) is 0 Å². The molecular formula is C10H10ClF4NO. The highest BCUT2D eigenvalue weighted by Crippen LogP contribution is 2.22. The van der Waals surface area contributed by atoms with Crippen molar-refractivity contribution in [2.45, 2.75) is 6.18 Å². The van der Waals surface area contributed by atoms with Crippen molar-refractivity contribution in [1.29, 1.82) is 0 Å². The Morgan fingerprint density at radius 2 is 2.00 bits per heavy atom. The van der Waals surface area contributed by atoms with Crippen LogP contribution in [0.1, 0.15) is 0 Å². The van der Waals surface area contributed by atoms with E-state index in [-0.39, 0.29) is 18.2 Å². The zero-order valence-corrected chi connectivity index (χ0v) is 9.41. The topological polar surface area (TPSA) is 21.3 Å². The molecule has 1 aromatic carbocycles. The van der Waals surface area contributed by atoms with Crippen LogP contribution in [-0.4, -0.2) is 25.9 Å². The monoisotopic (exact) mass is 271 g/mol. The van der Waals surface area contributed by atoms with Gasteiger partial charge in [0, 0.05) is 6.54 Å². The van der Waals surface area contributed by atoms with Gasteiger partial charge < -0.3 is 10.1 Å². The molecule has 0 heterocycles. The van der Waals surface area contributed by atoms with E-state index in [4.69, 9.17) is 11.6 Å². The molecular weight excluding hydrogens is 262 g/mol. The maximum absolute atomic E-state index is 12.7. The van der Waals surface area contributed by atoms with Crippen LogP contribution in [0.2, 0.25) is 5.02 Å². The molecule has 0 unspecified atom stereocenters. The SMILES string of the molecule is Fc1ccc(NCCOCC(F)(F)F)c(Cl)c1. The quantitative estimate of drug-likeness (QED) is 0.654. The molecule has 0 fully saturated rings. The Morgan fingerprint density at radius 3 is 2.59 bits per heavy atom. The standard InChI is InChI=1S/C10H10ClF4NO/c11-8-5-7(12)1-2-9(8)16-3-4-17-6-10(13,14)15/h1-2,5,16H,3-4,6H2. The van der Waals surface area contributed by atoms with Gasteiger partial charge >= 0.3 is 6.18 Å². The minimum atomic E-state index is -4.33. The average Bonchev–Trinajstić information content (AvgIpc) is 2.18. The molecule has 0 saturated carbocycles. The smallest absolute Gasteiger partial charge is 0.382 e. The van der Waals surface area contributed by atoms with Crippen molar-refractivity contribution in [3.8, 4) is 0 Å². The summed E-state index contributed by atoms with van der Waals surface area (Å²) in [7, 11) is 0. The number of hydrogen-bond donors (Lipinski definition) is 1. The van der Waals surface area contributed by atoms with Crippen molar-refractivity contribution in [2.75, 3.05) is 25.1 Å². The van der Waals surface area contributed by atoms with Crippen LogP contribution in [0, 0.1) is 5.82 Å². The molecule has 0 bridgehead atoms. The minimum Gasteiger partial charge on any atom is -0.382 e. The molecule has 0 aliphatic heterocycles. The fourth-order valence-corrected chi connectivity index (χ4v) is 1.31. The van der Waals surface area contributed by atoms with Crippen LogP contribution in [-0.2, 0) is 4.74 Å². The van der Waals surface area contributed by atoms with E-state index in [1.807, 2.05) is 0 Å². The number of hydrogen-bond acceptors (Lipinski definition) is 2. The van der Waals surface area contributed by atoms with E-state index >= 15 is 0 Å². The first-order chi connectivity index (χ1) is 7.88. The minimum absolute atomic E-state index is 0.118. The highest BCUT2D eigenvalue weighted by Gasteiger charge is 2.27. The summed E-state index contributed by atoms with van der Waals surface area (Å²) in [4.78, 5) is 0. The molecule has 2 nitrogen and oxygen atoms in total. The Hall–Kier alpha value is -1.01. The first-order valence-electron chi connectivity index (χ1n) is 4.72. The van der Waals surface area contributed by atoms with E-state index in [9.17, 15) is 17.6 Å². The molecule has 0 amide bonds. The lowest BCUT2D eigenvalue weighted by atomic mass is 10.3. The lowest BCUT2D eigenvalue weighted by molar-refractivity contribution is -0.172. The number of benzene rings is 1. The predicted molar refractivity (Wildman–Crippen MR) is 56.8 cm³/mol. The van der Waals surface area contributed by atoms with Gasteiger partial charge in [0.25, 0.3) is 0 Å². The van der Waals surface area contributed by atoms with Crippen LogP contribution in [0.25, 0.3) is 0 Å². The molecule has 0 saturated heterocycles. The fraction of sp³-hybridized carbons (Fsp3) is 0.400. The second kappa shape index (κ2) is 6.07. The number of ether oxygens (including phenoxy) is 1. The van der Waals surface area contributed by atoms with Gasteiger partial charge in [-0.1, -0.05) is 11.6 Å². The summed E-state index contributed by atoms with van der Waals surface area (Å²) in [6.45, 7) is -1.25. The van der Waals surface area contributed by atoms with E-state index < -0.39 is 18.6 Å². The Bertz CT molecular complexity index is 370. The van der Waals surface area contributed by atoms with Gasteiger partial charge in [-0.15, -0.1) is 0 Å². The molecule has 1 N–H and O–H groups in total. The molecule has 0 aliphatic carbocycles. The molecule has 1 rings (SSSR count). The molecule has 17 heavy (non-hydrogen) atoms. The largest absolute Gasteiger partial charge is 0.411 e. The first kappa shape index (κ1) is 14.1. The van der Waals surface area contributed by atoms with E-state index in [0.717, 1.165) is 6.07 Å². The number of rotatable bonds is 5. The van der Waals surface area contributed by atoms with E-state index in [0.29, 0.717) is 5.69 Å². The van der Waals surface area contributed by atoms with Crippen LogP contribution < -0.4 is 5.32 Å². The molecule has 0 spiro atoms. The molecule has 0 radical (unpaired) electrons. The molecule has 0 aliphatic rings. The van der Waals surface area contributed by atoms with Crippen LogP contribution in [0.5, 0.6) is 0 Å². The molecule has 96 valence electrons. The summed E-state index contributed by atoms with van der Waals surface area (Å²) in [5, 5.41) is 2.90. The normalized spacial score (nSPS) is 11.6. The van der Waals surface area contributed by atoms with E-state index in [1.165, 1.54) is 12.1 Å². The summed E-state index contributed by atoms with van der Waals surface area (Å²) < 4.78 is 52.2. The Kier molecular flexibility index (Phi) is 5.02. The molecule has 0 aromatic heterocycles. The Balaban J connectivity index is 2.27. The van der Waals surface area contributed by atoms with Crippen LogP contribution in [0.15, 0.2) is 18.2 Å². The van der Waals surface area contributed by atoms with Crippen LogP contribution in [0.3, 0.4) is 0 Å². The highest BCUT2D eigenvalue weighted by atomic mass is 35.5. The Morgan fingerprint density at radius 1 is 1.29 bits per heavy atom. The molecule has 7 heteroatoms. The van der Waals surface area contributed by atoms with Crippen LogP contribution in [0.4, 0.5) is 23.2 Å². The second-order valence-corrected chi connectivity index (χ2v) is 3.63. The van der Waals surface area contributed by atoms with Gasteiger partial charge in [0.1, 0.15) is 12.4 Å². The maximum atomic E-state index is 12.7. The molecule has 0 atom stereocenters. The zero-order valence-electron chi connectivity index (χ0n) is 8.65. The van der Waals surface area contributed by atoms with Gasteiger partial charge in [-0.05, 0) is 18.2 Å². The summed E-state index contributed by atoms with van der Waals surface area (Å²) in [5.74, 6) is -0.478. The van der Waals surface area contributed by atoms with Gasteiger partial charge in [0.2, 0.25) is 0 Å². The second-order valence-electron chi connectivity index (χ2n) is 3.22. The fourth-order valence-electron chi connectivity index (χ4n) is 1.08. The predicted octanol–water partition coefficient (Wildman–Crippen LogP) is 3.47. The Labute approximate surface area is 101 Å². The zero-order chi connectivity index (χ0) is 12.9. The summed E-state index contributed by atoms with van der Waals surface area (Å²) in [6, 6.07) is 3.71. The number of anilines is 1. The third kappa shape index (κ3) is 5.74. The summed E-state index contributed by atoms with van der Waals surface area (Å²) in [5.41, 5.74) is 0.448. The highest BCUT2D eigenvalue weighted by molar-refractivity contribution is 6.33. The van der Waals surface area contributed by atoms with E-state index in [1.54, 1.807) is 0 Å². The number of nitrogens with one attached hydrogen (secondary N) is 1. The summed E-state index contributed by atoms with van der Waals surface area (Å²) >= 11 is 5.69. The maximum Gasteiger partial charge on any atom is 0.411 e. The third-order valence-corrected chi connectivity index (χ3v) is 2.07. The lowest BCUT2D eigenvalue weighted by Crippen LogP contribution is -2.20. The number of halogens is 5. The van der Waals surface area contributed by atoms with Crippen molar-refractivity contribution >= 4 is 17.3 Å². The van der Waals surface area contributed by atoms with Gasteiger partial charge in [-0.2, -0.15) is 13.2 Å². The van der Waals surface area contributed by atoms with Gasteiger partial charge in [0.15, 0.2) is 0 Å².